The minimum Gasteiger partial charge on any atom is -0.458 e. The summed E-state index contributed by atoms with van der Waals surface area (Å²) in [6, 6.07) is 9.23. The predicted molar refractivity (Wildman–Crippen MR) is 100 cm³/mol. The molecule has 2 aliphatic rings. The molecule has 0 radical (unpaired) electrons. The largest absolute Gasteiger partial charge is 0.458 e. The summed E-state index contributed by atoms with van der Waals surface area (Å²) in [6.07, 6.45) is 0.111. The van der Waals surface area contributed by atoms with E-state index >= 15 is 0 Å². The summed E-state index contributed by atoms with van der Waals surface area (Å²) in [5, 5.41) is 21.2. The minimum absolute atomic E-state index is 0.0795. The van der Waals surface area contributed by atoms with Crippen LogP contribution < -0.4 is 5.56 Å². The van der Waals surface area contributed by atoms with Gasteiger partial charge in [0.2, 0.25) is 0 Å². The van der Waals surface area contributed by atoms with Crippen LogP contribution in [0.2, 0.25) is 0 Å². The second-order valence-corrected chi connectivity index (χ2v) is 7.28. The number of carbonyl (C=O) groups is 1. The van der Waals surface area contributed by atoms with Gasteiger partial charge in [0.15, 0.2) is 5.60 Å². The van der Waals surface area contributed by atoms with Crippen LogP contribution in [-0.2, 0) is 34.9 Å². The average molecular weight is 378 g/mol. The third-order valence-corrected chi connectivity index (χ3v) is 5.76. The van der Waals surface area contributed by atoms with Crippen LogP contribution in [0.25, 0.3) is 22.3 Å². The van der Waals surface area contributed by atoms with Crippen molar-refractivity contribution < 1.29 is 19.7 Å². The highest BCUT2D eigenvalue weighted by Crippen LogP contribution is 2.38. The number of hydrogen-bond donors (Lipinski definition) is 2. The third-order valence-electron chi connectivity index (χ3n) is 5.76. The first-order valence-corrected chi connectivity index (χ1v) is 9.17. The average Bonchev–Trinajstić information content (AvgIpc) is 3.07. The topological polar surface area (TPSA) is 102 Å². The van der Waals surface area contributed by atoms with Gasteiger partial charge in [-0.15, -0.1) is 0 Å². The number of ether oxygens (including phenoxy) is 1. The number of aromatic nitrogens is 2. The van der Waals surface area contributed by atoms with Crippen molar-refractivity contribution in [3.8, 4) is 11.4 Å². The smallest absolute Gasteiger partial charge is 0.343 e. The Hall–Kier alpha value is -3.03. The number of benzene rings is 1. The molecule has 7 nitrogen and oxygen atoms in total. The molecule has 2 aliphatic heterocycles. The zero-order chi connectivity index (χ0) is 19.6. The number of pyridine rings is 2. The number of fused-ring (bicyclic) bond motifs is 5. The van der Waals surface area contributed by atoms with Crippen LogP contribution in [0.1, 0.15) is 35.6 Å². The maximum atomic E-state index is 13.1. The first-order valence-electron chi connectivity index (χ1n) is 9.17. The summed E-state index contributed by atoms with van der Waals surface area (Å²) in [6.45, 7) is 1.84. The number of hydrogen-bond acceptors (Lipinski definition) is 6. The molecule has 0 fully saturated rings. The number of aliphatic hydroxyl groups is 2. The van der Waals surface area contributed by atoms with Crippen molar-refractivity contribution >= 4 is 16.9 Å². The quantitative estimate of drug-likeness (QED) is 0.514. The van der Waals surface area contributed by atoms with E-state index in [0.29, 0.717) is 34.6 Å². The van der Waals surface area contributed by atoms with Crippen LogP contribution in [0.5, 0.6) is 0 Å². The Kier molecular flexibility index (Phi) is 3.50. The zero-order valence-corrected chi connectivity index (χ0v) is 15.2. The van der Waals surface area contributed by atoms with Gasteiger partial charge in [0.1, 0.15) is 6.61 Å². The van der Waals surface area contributed by atoms with E-state index in [1.165, 1.54) is 0 Å². The van der Waals surface area contributed by atoms with Crippen LogP contribution in [0.15, 0.2) is 35.1 Å². The van der Waals surface area contributed by atoms with Gasteiger partial charge in [-0.1, -0.05) is 19.1 Å². The molecule has 0 aliphatic carbocycles. The van der Waals surface area contributed by atoms with Crippen molar-refractivity contribution in [2.75, 3.05) is 0 Å². The van der Waals surface area contributed by atoms with Crippen molar-refractivity contribution in [3.05, 3.63) is 62.9 Å². The van der Waals surface area contributed by atoms with Crippen LogP contribution in [0.3, 0.4) is 0 Å². The van der Waals surface area contributed by atoms with E-state index in [1.807, 2.05) is 24.3 Å². The normalized spacial score (nSPS) is 19.9. The predicted octanol–water partition coefficient (Wildman–Crippen LogP) is 1.57. The lowest BCUT2D eigenvalue weighted by molar-refractivity contribution is -0.172. The maximum absolute atomic E-state index is 13.1. The molecule has 142 valence electrons. The van der Waals surface area contributed by atoms with Crippen LogP contribution in [0.4, 0.5) is 0 Å². The lowest BCUT2D eigenvalue weighted by atomic mass is 9.86. The van der Waals surface area contributed by atoms with Gasteiger partial charge in [0.25, 0.3) is 5.56 Å². The van der Waals surface area contributed by atoms with Gasteiger partial charge in [0, 0.05) is 16.5 Å². The van der Waals surface area contributed by atoms with E-state index in [2.05, 4.69) is 0 Å². The molecule has 1 aromatic carbocycles. The monoisotopic (exact) mass is 378 g/mol. The van der Waals surface area contributed by atoms with Gasteiger partial charge in [0.05, 0.1) is 35.6 Å². The first kappa shape index (κ1) is 17.1. The molecule has 2 N–H and O–H groups in total. The molecule has 7 heteroatoms. The van der Waals surface area contributed by atoms with Gasteiger partial charge in [-0.2, -0.15) is 0 Å². The van der Waals surface area contributed by atoms with Crippen molar-refractivity contribution in [3.63, 3.8) is 0 Å². The van der Waals surface area contributed by atoms with Gasteiger partial charge in [-0.25, -0.2) is 9.78 Å². The molecular formula is C21H18N2O5. The standard InChI is InChI=1S/C21H18N2O5/c1-2-21(27)15-7-17-18-13(6-12-4-3-11(9-24)5-16(12)22-18)8-23(17)19(25)14(15)10-28-20(21)26/h3-7,24,27H,2,8-10H2,1H3. The molecule has 0 saturated carbocycles. The number of nitrogens with zero attached hydrogens (tertiary/aromatic N) is 2. The Morgan fingerprint density at radius 3 is 2.82 bits per heavy atom. The fraction of sp³-hybridized carbons (Fsp3) is 0.286. The SMILES string of the molecule is CCC1(O)C(=O)OCc2c1cc1n(c2=O)Cc2cc3ccc(CO)cc3nc2-1. The van der Waals surface area contributed by atoms with Crippen molar-refractivity contribution in [1.82, 2.24) is 9.55 Å². The summed E-state index contributed by atoms with van der Waals surface area (Å²) in [5.41, 5.74) is 2.12. The number of rotatable bonds is 2. The number of carbonyl (C=O) groups excluding carboxylic acids is 1. The van der Waals surface area contributed by atoms with Crippen LogP contribution in [0, 0.1) is 0 Å². The summed E-state index contributed by atoms with van der Waals surface area (Å²) in [5.74, 6) is -0.732. The fourth-order valence-corrected chi connectivity index (χ4v) is 4.12. The lowest BCUT2D eigenvalue weighted by Gasteiger charge is -2.31. The van der Waals surface area contributed by atoms with E-state index in [1.54, 1.807) is 17.6 Å². The molecule has 0 amide bonds. The highest BCUT2D eigenvalue weighted by atomic mass is 16.6. The summed E-state index contributed by atoms with van der Waals surface area (Å²) in [4.78, 5) is 30.0. The number of cyclic esters (lactones) is 1. The van der Waals surface area contributed by atoms with E-state index in [-0.39, 0.29) is 25.2 Å². The van der Waals surface area contributed by atoms with E-state index < -0.39 is 11.6 Å². The van der Waals surface area contributed by atoms with E-state index in [4.69, 9.17) is 9.72 Å². The minimum atomic E-state index is -1.83. The van der Waals surface area contributed by atoms with E-state index in [0.717, 1.165) is 16.5 Å². The molecule has 5 rings (SSSR count). The molecular weight excluding hydrogens is 360 g/mol. The van der Waals surface area contributed by atoms with Crippen molar-refractivity contribution in [2.45, 2.75) is 38.7 Å². The molecule has 1 unspecified atom stereocenters. The fourth-order valence-electron chi connectivity index (χ4n) is 4.12. The van der Waals surface area contributed by atoms with Crippen LogP contribution >= 0.6 is 0 Å². The van der Waals surface area contributed by atoms with Gasteiger partial charge >= 0.3 is 5.97 Å². The van der Waals surface area contributed by atoms with Gasteiger partial charge in [-0.3, -0.25) is 4.79 Å². The molecule has 0 bridgehead atoms. The van der Waals surface area contributed by atoms with Crippen LogP contribution in [-0.4, -0.2) is 25.7 Å². The molecule has 0 spiro atoms. The highest BCUT2D eigenvalue weighted by Gasteiger charge is 2.45. The summed E-state index contributed by atoms with van der Waals surface area (Å²) in [7, 11) is 0. The van der Waals surface area contributed by atoms with Gasteiger partial charge < -0.3 is 19.5 Å². The van der Waals surface area contributed by atoms with Crippen molar-refractivity contribution in [2.24, 2.45) is 0 Å². The van der Waals surface area contributed by atoms with Gasteiger partial charge in [-0.05, 0) is 30.2 Å². The maximum Gasteiger partial charge on any atom is 0.343 e. The number of aliphatic hydroxyl groups excluding tert-OH is 1. The third kappa shape index (κ3) is 2.14. The Bertz CT molecular complexity index is 1230. The Morgan fingerprint density at radius 2 is 2.07 bits per heavy atom. The number of esters is 1. The Labute approximate surface area is 159 Å². The summed E-state index contributed by atoms with van der Waals surface area (Å²) >= 11 is 0. The second kappa shape index (κ2) is 5.73. The first-order chi connectivity index (χ1) is 13.5. The van der Waals surface area contributed by atoms with Crippen molar-refractivity contribution in [1.29, 1.82) is 0 Å². The zero-order valence-electron chi connectivity index (χ0n) is 15.2. The Balaban J connectivity index is 1.78. The molecule has 1 atom stereocenters. The summed E-state index contributed by atoms with van der Waals surface area (Å²) < 4.78 is 6.68. The lowest BCUT2D eigenvalue weighted by Crippen LogP contribution is -2.44. The molecule has 2 aromatic heterocycles. The Morgan fingerprint density at radius 1 is 1.25 bits per heavy atom. The second-order valence-electron chi connectivity index (χ2n) is 7.28. The van der Waals surface area contributed by atoms with E-state index in [9.17, 15) is 19.8 Å². The molecule has 4 heterocycles. The molecule has 28 heavy (non-hydrogen) atoms. The highest BCUT2D eigenvalue weighted by molar-refractivity contribution is 5.86. The molecule has 0 saturated heterocycles. The molecule has 3 aromatic rings.